The number of hydrogen-bond acceptors (Lipinski definition) is 6. The zero-order valence-electron chi connectivity index (χ0n) is 17.4. The van der Waals surface area contributed by atoms with E-state index in [1.165, 1.54) is 4.90 Å². The zero-order valence-corrected chi connectivity index (χ0v) is 18.2. The van der Waals surface area contributed by atoms with Gasteiger partial charge in [-0.15, -0.1) is 0 Å². The molecule has 1 aliphatic carbocycles. The lowest BCUT2D eigenvalue weighted by molar-refractivity contribution is -0.125. The standard InChI is InChI=1S/C21H28N4O4S/c1-14-4-3-5-15(2)20(14)23-18(27)12-24(16-6-7-16)10-8-17(26)22-9-11-25-19(28)13-30-21(25)29/h3-5,16H,6-13H2,1-2H3,(H,22,26)(H,23,27). The van der Waals surface area contributed by atoms with E-state index >= 15 is 0 Å². The van der Waals surface area contributed by atoms with Crippen LogP contribution in [-0.4, -0.2) is 70.7 Å². The summed E-state index contributed by atoms with van der Waals surface area (Å²) in [6.45, 7) is 5.11. The van der Waals surface area contributed by atoms with Gasteiger partial charge in [0.2, 0.25) is 17.7 Å². The molecule has 0 bridgehead atoms. The molecule has 1 saturated carbocycles. The maximum Gasteiger partial charge on any atom is 0.288 e. The maximum atomic E-state index is 12.6. The van der Waals surface area contributed by atoms with E-state index < -0.39 is 0 Å². The number of para-hydroxylation sites is 1. The summed E-state index contributed by atoms with van der Waals surface area (Å²) in [6.07, 6.45) is 2.34. The highest BCUT2D eigenvalue weighted by Crippen LogP contribution is 2.27. The fraction of sp³-hybridized carbons (Fsp3) is 0.524. The molecule has 2 fully saturated rings. The van der Waals surface area contributed by atoms with Gasteiger partial charge in [0.05, 0.1) is 12.3 Å². The first kappa shape index (κ1) is 22.3. The summed E-state index contributed by atoms with van der Waals surface area (Å²) in [6, 6.07) is 6.24. The molecule has 9 heteroatoms. The summed E-state index contributed by atoms with van der Waals surface area (Å²) >= 11 is 0.985. The fourth-order valence-electron chi connectivity index (χ4n) is 3.44. The third-order valence-electron chi connectivity index (χ3n) is 5.28. The van der Waals surface area contributed by atoms with E-state index in [0.29, 0.717) is 12.6 Å². The Hall–Kier alpha value is -2.39. The van der Waals surface area contributed by atoms with Crippen LogP contribution in [0.1, 0.15) is 30.4 Å². The highest BCUT2D eigenvalue weighted by molar-refractivity contribution is 8.14. The van der Waals surface area contributed by atoms with Crippen LogP contribution in [0.2, 0.25) is 0 Å². The number of nitrogens with zero attached hydrogens (tertiary/aromatic N) is 2. The Kier molecular flexibility index (Phi) is 7.49. The molecule has 0 radical (unpaired) electrons. The number of rotatable bonds is 10. The van der Waals surface area contributed by atoms with Crippen LogP contribution < -0.4 is 10.6 Å². The molecule has 3 rings (SSSR count). The highest BCUT2D eigenvalue weighted by atomic mass is 32.2. The van der Waals surface area contributed by atoms with Gasteiger partial charge in [0.15, 0.2) is 0 Å². The van der Waals surface area contributed by atoms with E-state index in [9.17, 15) is 19.2 Å². The van der Waals surface area contributed by atoms with Crippen molar-refractivity contribution < 1.29 is 19.2 Å². The zero-order chi connectivity index (χ0) is 21.7. The van der Waals surface area contributed by atoms with Crippen LogP contribution in [-0.2, 0) is 14.4 Å². The first-order valence-electron chi connectivity index (χ1n) is 10.2. The Bertz CT molecular complexity index is 804. The van der Waals surface area contributed by atoms with Gasteiger partial charge in [0, 0.05) is 37.8 Å². The van der Waals surface area contributed by atoms with Crippen molar-refractivity contribution >= 4 is 40.4 Å². The fourth-order valence-corrected chi connectivity index (χ4v) is 4.19. The summed E-state index contributed by atoms with van der Waals surface area (Å²) in [5.74, 6) is -0.271. The Labute approximate surface area is 180 Å². The van der Waals surface area contributed by atoms with E-state index in [2.05, 4.69) is 10.6 Å². The van der Waals surface area contributed by atoms with Gasteiger partial charge in [-0.2, -0.15) is 0 Å². The Morgan fingerprint density at radius 3 is 2.47 bits per heavy atom. The van der Waals surface area contributed by atoms with Crippen molar-refractivity contribution in [1.29, 1.82) is 0 Å². The molecule has 162 valence electrons. The van der Waals surface area contributed by atoms with Crippen LogP contribution >= 0.6 is 11.8 Å². The van der Waals surface area contributed by atoms with E-state index in [1.54, 1.807) is 0 Å². The number of nitrogens with one attached hydrogen (secondary N) is 2. The van der Waals surface area contributed by atoms with Crippen LogP contribution in [0.15, 0.2) is 18.2 Å². The number of benzene rings is 1. The van der Waals surface area contributed by atoms with Gasteiger partial charge in [-0.3, -0.25) is 29.0 Å². The van der Waals surface area contributed by atoms with Gasteiger partial charge in [0.1, 0.15) is 0 Å². The van der Waals surface area contributed by atoms with Gasteiger partial charge >= 0.3 is 0 Å². The molecule has 2 N–H and O–H groups in total. The number of amides is 4. The molecule has 0 atom stereocenters. The number of hydrogen-bond donors (Lipinski definition) is 2. The second-order valence-electron chi connectivity index (χ2n) is 7.72. The van der Waals surface area contributed by atoms with Crippen LogP contribution in [0.4, 0.5) is 10.5 Å². The van der Waals surface area contributed by atoms with Crippen molar-refractivity contribution in [3.05, 3.63) is 29.3 Å². The second-order valence-corrected chi connectivity index (χ2v) is 8.64. The largest absolute Gasteiger partial charge is 0.354 e. The monoisotopic (exact) mass is 432 g/mol. The molecule has 30 heavy (non-hydrogen) atoms. The van der Waals surface area contributed by atoms with Crippen molar-refractivity contribution in [2.75, 3.05) is 37.2 Å². The molecule has 1 saturated heterocycles. The molecular formula is C21H28N4O4S. The average Bonchev–Trinajstić information content (AvgIpc) is 3.49. The minimum Gasteiger partial charge on any atom is -0.354 e. The Balaban J connectivity index is 1.42. The smallest absolute Gasteiger partial charge is 0.288 e. The lowest BCUT2D eigenvalue weighted by Gasteiger charge is -2.22. The van der Waals surface area contributed by atoms with Crippen molar-refractivity contribution in [1.82, 2.24) is 15.1 Å². The molecule has 1 aromatic carbocycles. The van der Waals surface area contributed by atoms with Crippen LogP contribution in [0, 0.1) is 13.8 Å². The van der Waals surface area contributed by atoms with Gasteiger partial charge in [-0.1, -0.05) is 30.0 Å². The molecule has 0 spiro atoms. The van der Waals surface area contributed by atoms with E-state index in [0.717, 1.165) is 41.4 Å². The molecule has 0 aromatic heterocycles. The van der Waals surface area contributed by atoms with E-state index in [-0.39, 0.29) is 54.8 Å². The molecule has 8 nitrogen and oxygen atoms in total. The highest BCUT2D eigenvalue weighted by Gasteiger charge is 2.31. The van der Waals surface area contributed by atoms with Gasteiger partial charge in [-0.05, 0) is 37.8 Å². The van der Waals surface area contributed by atoms with Crippen molar-refractivity contribution in [3.63, 3.8) is 0 Å². The first-order chi connectivity index (χ1) is 14.3. The van der Waals surface area contributed by atoms with Crippen LogP contribution in [0.5, 0.6) is 0 Å². The molecule has 4 amide bonds. The lowest BCUT2D eigenvalue weighted by atomic mass is 10.1. The summed E-state index contributed by atoms with van der Waals surface area (Å²) in [4.78, 5) is 51.0. The minimum atomic E-state index is -0.260. The number of aryl methyl sites for hydroxylation is 2. The van der Waals surface area contributed by atoms with Crippen LogP contribution in [0.25, 0.3) is 0 Å². The van der Waals surface area contributed by atoms with Gasteiger partial charge in [-0.25, -0.2) is 0 Å². The van der Waals surface area contributed by atoms with Crippen molar-refractivity contribution in [3.8, 4) is 0 Å². The SMILES string of the molecule is Cc1cccc(C)c1NC(=O)CN(CCC(=O)NCCN1C(=O)CSC1=O)C1CC1. The molecule has 1 heterocycles. The van der Waals surface area contributed by atoms with Gasteiger partial charge < -0.3 is 10.6 Å². The molecular weight excluding hydrogens is 404 g/mol. The molecule has 1 aromatic rings. The second kappa shape index (κ2) is 10.1. The molecule has 2 aliphatic rings. The number of anilines is 1. The first-order valence-corrected chi connectivity index (χ1v) is 11.2. The summed E-state index contributed by atoms with van der Waals surface area (Å²) in [7, 11) is 0. The predicted octanol–water partition coefficient (Wildman–Crippen LogP) is 1.91. The van der Waals surface area contributed by atoms with Crippen LogP contribution in [0.3, 0.4) is 0 Å². The lowest BCUT2D eigenvalue weighted by Crippen LogP contribution is -2.40. The summed E-state index contributed by atoms with van der Waals surface area (Å²) in [5, 5.41) is 5.49. The summed E-state index contributed by atoms with van der Waals surface area (Å²) < 4.78 is 0. The number of imide groups is 1. The quantitative estimate of drug-likeness (QED) is 0.586. The predicted molar refractivity (Wildman–Crippen MR) is 116 cm³/mol. The number of carbonyl (C=O) groups is 4. The Morgan fingerprint density at radius 1 is 1.17 bits per heavy atom. The minimum absolute atomic E-state index is 0.0803. The number of thioether (sulfide) groups is 1. The van der Waals surface area contributed by atoms with E-state index in [4.69, 9.17) is 0 Å². The third kappa shape index (κ3) is 6.06. The normalized spacial score (nSPS) is 16.3. The molecule has 1 aliphatic heterocycles. The molecule has 0 unspecified atom stereocenters. The maximum absolute atomic E-state index is 12.6. The van der Waals surface area contributed by atoms with Gasteiger partial charge in [0.25, 0.3) is 5.24 Å². The van der Waals surface area contributed by atoms with Crippen molar-refractivity contribution in [2.45, 2.75) is 39.2 Å². The topological polar surface area (TPSA) is 98.8 Å². The summed E-state index contributed by atoms with van der Waals surface area (Å²) in [5.41, 5.74) is 2.89. The van der Waals surface area contributed by atoms with Crippen molar-refractivity contribution in [2.24, 2.45) is 0 Å². The van der Waals surface area contributed by atoms with E-state index in [1.807, 2.05) is 36.9 Å². The average molecular weight is 433 g/mol. The third-order valence-corrected chi connectivity index (χ3v) is 6.14. The number of carbonyl (C=O) groups excluding carboxylic acids is 4. The Morgan fingerprint density at radius 2 is 1.87 bits per heavy atom.